The summed E-state index contributed by atoms with van der Waals surface area (Å²) in [5, 5.41) is 4.10. The standard InChI is InChI=1S/C6H8N4S2/c1-4(9-10-6(7)11)5-2-3-8-12-5/h2-3H,1H3,(H3,7,10,11). The Hall–Kier alpha value is -1.01. The maximum Gasteiger partial charge on any atom is 0.184 e. The van der Waals surface area contributed by atoms with Crippen molar-refractivity contribution >= 4 is 34.6 Å². The molecule has 0 bridgehead atoms. The first-order chi connectivity index (χ1) is 5.70. The molecule has 1 rings (SSSR count). The van der Waals surface area contributed by atoms with E-state index in [2.05, 4.69) is 27.1 Å². The Balaban J connectivity index is 2.65. The zero-order valence-corrected chi connectivity index (χ0v) is 8.08. The minimum atomic E-state index is 0.166. The first-order valence-corrected chi connectivity index (χ1v) is 4.39. The molecule has 1 aromatic rings. The van der Waals surface area contributed by atoms with E-state index in [4.69, 9.17) is 5.73 Å². The van der Waals surface area contributed by atoms with E-state index in [-0.39, 0.29) is 5.11 Å². The van der Waals surface area contributed by atoms with E-state index in [0.29, 0.717) is 0 Å². The van der Waals surface area contributed by atoms with Crippen molar-refractivity contribution in [3.05, 3.63) is 17.1 Å². The van der Waals surface area contributed by atoms with E-state index in [1.54, 1.807) is 6.20 Å². The predicted octanol–water partition coefficient (Wildman–Crippen LogP) is 0.700. The molecule has 0 atom stereocenters. The number of nitrogens with one attached hydrogen (secondary N) is 1. The molecule has 64 valence electrons. The number of nitrogens with zero attached hydrogens (tertiary/aromatic N) is 2. The van der Waals surface area contributed by atoms with Crippen molar-refractivity contribution in [3.8, 4) is 0 Å². The van der Waals surface area contributed by atoms with Gasteiger partial charge < -0.3 is 5.73 Å². The second-order valence-electron chi connectivity index (χ2n) is 2.05. The molecular weight excluding hydrogens is 192 g/mol. The summed E-state index contributed by atoms with van der Waals surface area (Å²) in [7, 11) is 0. The van der Waals surface area contributed by atoms with Crippen LogP contribution in [0.15, 0.2) is 17.4 Å². The van der Waals surface area contributed by atoms with E-state index >= 15 is 0 Å². The average Bonchev–Trinajstić information content (AvgIpc) is 2.51. The number of aromatic nitrogens is 1. The summed E-state index contributed by atoms with van der Waals surface area (Å²) < 4.78 is 3.94. The molecule has 12 heavy (non-hydrogen) atoms. The van der Waals surface area contributed by atoms with Crippen molar-refractivity contribution in [2.24, 2.45) is 10.8 Å². The van der Waals surface area contributed by atoms with Crippen LogP contribution >= 0.6 is 23.8 Å². The van der Waals surface area contributed by atoms with Crippen molar-refractivity contribution < 1.29 is 0 Å². The Morgan fingerprint density at radius 3 is 3.08 bits per heavy atom. The van der Waals surface area contributed by atoms with Crippen LogP contribution in [0.5, 0.6) is 0 Å². The molecule has 0 aliphatic carbocycles. The Labute approximate surface area is 79.6 Å². The summed E-state index contributed by atoms with van der Waals surface area (Å²) in [4.78, 5) is 0.999. The van der Waals surface area contributed by atoms with E-state index in [1.807, 2.05) is 13.0 Å². The van der Waals surface area contributed by atoms with Gasteiger partial charge >= 0.3 is 0 Å². The van der Waals surface area contributed by atoms with Crippen LogP contribution < -0.4 is 11.2 Å². The quantitative estimate of drug-likeness (QED) is 0.419. The summed E-state index contributed by atoms with van der Waals surface area (Å²) in [6.45, 7) is 1.86. The second-order valence-corrected chi connectivity index (χ2v) is 3.32. The van der Waals surface area contributed by atoms with Gasteiger partial charge in [-0.2, -0.15) is 5.10 Å². The topological polar surface area (TPSA) is 63.3 Å². The Morgan fingerprint density at radius 2 is 2.58 bits per heavy atom. The average molecular weight is 200 g/mol. The largest absolute Gasteiger partial charge is 0.375 e. The van der Waals surface area contributed by atoms with Crippen LogP contribution in [0.2, 0.25) is 0 Å². The third-order valence-electron chi connectivity index (χ3n) is 1.13. The van der Waals surface area contributed by atoms with Gasteiger partial charge in [0.05, 0.1) is 10.6 Å². The van der Waals surface area contributed by atoms with Gasteiger partial charge in [0.15, 0.2) is 5.11 Å². The number of rotatable bonds is 2. The lowest BCUT2D eigenvalue weighted by Crippen LogP contribution is -2.25. The summed E-state index contributed by atoms with van der Waals surface area (Å²) in [6.07, 6.45) is 1.72. The molecule has 4 nitrogen and oxygen atoms in total. The smallest absolute Gasteiger partial charge is 0.184 e. The third-order valence-corrected chi connectivity index (χ3v) is 2.07. The molecule has 0 radical (unpaired) electrons. The van der Waals surface area contributed by atoms with Gasteiger partial charge in [-0.05, 0) is 36.7 Å². The van der Waals surface area contributed by atoms with Crippen molar-refractivity contribution in [1.29, 1.82) is 0 Å². The molecule has 3 N–H and O–H groups in total. The second kappa shape index (κ2) is 4.13. The molecule has 0 aliphatic rings. The monoisotopic (exact) mass is 200 g/mol. The Kier molecular flexibility index (Phi) is 3.12. The molecule has 6 heteroatoms. The molecule has 0 unspecified atom stereocenters. The zero-order chi connectivity index (χ0) is 8.97. The fourth-order valence-electron chi connectivity index (χ4n) is 0.596. The molecule has 0 saturated carbocycles. The molecule has 0 spiro atoms. The summed E-state index contributed by atoms with van der Waals surface area (Å²) in [5.41, 5.74) is 8.53. The van der Waals surface area contributed by atoms with Crippen LogP contribution in [0, 0.1) is 0 Å². The van der Waals surface area contributed by atoms with Gasteiger partial charge in [0.2, 0.25) is 0 Å². The van der Waals surface area contributed by atoms with Crippen LogP contribution in [-0.2, 0) is 0 Å². The first-order valence-electron chi connectivity index (χ1n) is 3.21. The Morgan fingerprint density at radius 1 is 1.83 bits per heavy atom. The highest BCUT2D eigenvalue weighted by molar-refractivity contribution is 7.80. The molecule has 1 heterocycles. The number of nitrogens with two attached hydrogens (primary N) is 1. The van der Waals surface area contributed by atoms with Crippen molar-refractivity contribution in [3.63, 3.8) is 0 Å². The molecule has 0 aromatic carbocycles. The molecule has 0 saturated heterocycles. The molecule has 0 aliphatic heterocycles. The summed E-state index contributed by atoms with van der Waals surface area (Å²) >= 11 is 5.97. The van der Waals surface area contributed by atoms with Gasteiger partial charge in [-0.1, -0.05) is 0 Å². The molecular formula is C6H8N4S2. The third kappa shape index (κ3) is 2.55. The van der Waals surface area contributed by atoms with Crippen molar-refractivity contribution in [2.45, 2.75) is 6.92 Å². The number of hydrogen-bond donors (Lipinski definition) is 2. The van der Waals surface area contributed by atoms with Gasteiger partial charge in [-0.15, -0.1) is 0 Å². The maximum absolute atomic E-state index is 5.20. The molecule has 0 fully saturated rings. The fraction of sp³-hybridized carbons (Fsp3) is 0.167. The van der Waals surface area contributed by atoms with E-state index in [1.165, 1.54) is 11.5 Å². The lowest BCUT2D eigenvalue weighted by Gasteiger charge is -1.96. The molecule has 0 amide bonds. The Bertz CT molecular complexity index is 291. The minimum absolute atomic E-state index is 0.166. The normalized spacial score (nSPS) is 11.2. The highest BCUT2D eigenvalue weighted by Crippen LogP contribution is 2.05. The van der Waals surface area contributed by atoms with Crippen molar-refractivity contribution in [2.75, 3.05) is 0 Å². The van der Waals surface area contributed by atoms with E-state index in [9.17, 15) is 0 Å². The van der Waals surface area contributed by atoms with Gasteiger partial charge in [0.25, 0.3) is 0 Å². The van der Waals surface area contributed by atoms with Crippen LogP contribution in [0.25, 0.3) is 0 Å². The van der Waals surface area contributed by atoms with E-state index in [0.717, 1.165) is 10.6 Å². The summed E-state index contributed by atoms with van der Waals surface area (Å²) in [6, 6.07) is 1.88. The SMILES string of the molecule is CC(=NNC(N)=S)c1ccns1. The van der Waals surface area contributed by atoms with Gasteiger partial charge in [0, 0.05) is 6.20 Å². The number of hydrogen-bond acceptors (Lipinski definition) is 4. The maximum atomic E-state index is 5.20. The van der Waals surface area contributed by atoms with Crippen LogP contribution in [0.3, 0.4) is 0 Å². The fourth-order valence-corrected chi connectivity index (χ4v) is 1.18. The highest BCUT2D eigenvalue weighted by atomic mass is 32.1. The first kappa shape index (κ1) is 9.08. The predicted molar refractivity (Wildman–Crippen MR) is 54.2 cm³/mol. The van der Waals surface area contributed by atoms with Crippen LogP contribution in [0.4, 0.5) is 0 Å². The zero-order valence-electron chi connectivity index (χ0n) is 6.44. The summed E-state index contributed by atoms with van der Waals surface area (Å²) in [5.74, 6) is 0. The number of thiocarbonyl (C=S) groups is 1. The van der Waals surface area contributed by atoms with Gasteiger partial charge in [-0.3, -0.25) is 5.43 Å². The lowest BCUT2D eigenvalue weighted by atomic mass is 10.3. The highest BCUT2D eigenvalue weighted by Gasteiger charge is 1.97. The van der Waals surface area contributed by atoms with Crippen molar-refractivity contribution in [1.82, 2.24) is 9.80 Å². The minimum Gasteiger partial charge on any atom is -0.375 e. The number of hydrazone groups is 1. The van der Waals surface area contributed by atoms with Gasteiger partial charge in [-0.25, -0.2) is 4.37 Å². The molecule has 1 aromatic heterocycles. The van der Waals surface area contributed by atoms with Gasteiger partial charge in [0.1, 0.15) is 0 Å². The van der Waals surface area contributed by atoms with Crippen LogP contribution in [0.1, 0.15) is 11.8 Å². The van der Waals surface area contributed by atoms with Crippen LogP contribution in [-0.4, -0.2) is 15.2 Å². The lowest BCUT2D eigenvalue weighted by molar-refractivity contribution is 1.03. The van der Waals surface area contributed by atoms with E-state index < -0.39 is 0 Å².